The van der Waals surface area contributed by atoms with Gasteiger partial charge in [0.2, 0.25) is 5.43 Å². The van der Waals surface area contributed by atoms with Crippen molar-refractivity contribution in [3.05, 3.63) is 70.5 Å². The van der Waals surface area contributed by atoms with Crippen LogP contribution >= 0.6 is 0 Å². The lowest BCUT2D eigenvalue weighted by Gasteiger charge is -2.09. The number of pyridine rings is 1. The second kappa shape index (κ2) is 6.58. The number of carbonyl (C=O) groups excluding carboxylic acids is 1. The normalized spacial score (nSPS) is 10.8. The summed E-state index contributed by atoms with van der Waals surface area (Å²) in [5.74, 6) is 0.555. The van der Waals surface area contributed by atoms with Crippen LogP contribution in [0.25, 0.3) is 10.9 Å². The third kappa shape index (κ3) is 3.30. The van der Waals surface area contributed by atoms with Gasteiger partial charge in [0, 0.05) is 11.7 Å². The summed E-state index contributed by atoms with van der Waals surface area (Å²) >= 11 is 0. The van der Waals surface area contributed by atoms with Crippen LogP contribution in [-0.2, 0) is 4.74 Å². The average molecular weight is 323 g/mol. The standard InChI is InChI=1S/C19H17NO4/c1-12(2)23-19(22)16-11-20-17-9-8-14(10-15(17)18(16)21)24-13-6-4-3-5-7-13/h3-12H,1-2H3,(H,20,21). The SMILES string of the molecule is CC(C)OC(=O)c1c[nH]c2ccc(Oc3ccccc3)cc2c1=O. The highest BCUT2D eigenvalue weighted by molar-refractivity contribution is 5.93. The molecule has 0 radical (unpaired) electrons. The van der Waals surface area contributed by atoms with Gasteiger partial charge in [0.1, 0.15) is 17.1 Å². The number of carbonyl (C=O) groups is 1. The van der Waals surface area contributed by atoms with Crippen molar-refractivity contribution in [2.45, 2.75) is 20.0 Å². The Labute approximate surface area is 138 Å². The van der Waals surface area contributed by atoms with Crippen molar-refractivity contribution in [1.29, 1.82) is 0 Å². The fourth-order valence-corrected chi connectivity index (χ4v) is 2.31. The third-order valence-electron chi connectivity index (χ3n) is 3.39. The molecule has 0 bridgehead atoms. The number of rotatable bonds is 4. The van der Waals surface area contributed by atoms with Crippen LogP contribution in [0.15, 0.2) is 59.5 Å². The number of aromatic nitrogens is 1. The first-order valence-corrected chi connectivity index (χ1v) is 7.64. The van der Waals surface area contributed by atoms with E-state index in [2.05, 4.69) is 4.98 Å². The molecule has 5 nitrogen and oxygen atoms in total. The van der Waals surface area contributed by atoms with E-state index in [1.807, 2.05) is 30.3 Å². The summed E-state index contributed by atoms with van der Waals surface area (Å²) in [6.45, 7) is 3.47. The van der Waals surface area contributed by atoms with E-state index in [1.54, 1.807) is 32.0 Å². The molecule has 0 spiro atoms. The van der Waals surface area contributed by atoms with Crippen molar-refractivity contribution in [1.82, 2.24) is 4.98 Å². The molecule has 0 unspecified atom stereocenters. The Kier molecular flexibility index (Phi) is 4.33. The first-order valence-electron chi connectivity index (χ1n) is 7.64. The molecule has 0 saturated carbocycles. The van der Waals surface area contributed by atoms with Gasteiger partial charge in [-0.05, 0) is 44.2 Å². The zero-order valence-corrected chi connectivity index (χ0v) is 13.4. The number of benzene rings is 2. The van der Waals surface area contributed by atoms with Crippen LogP contribution in [0.3, 0.4) is 0 Å². The van der Waals surface area contributed by atoms with E-state index in [9.17, 15) is 9.59 Å². The molecule has 3 rings (SSSR count). The molecule has 1 aromatic heterocycles. The zero-order valence-electron chi connectivity index (χ0n) is 13.4. The van der Waals surface area contributed by atoms with E-state index in [-0.39, 0.29) is 17.1 Å². The predicted octanol–water partition coefficient (Wildman–Crippen LogP) is 3.89. The van der Waals surface area contributed by atoms with Gasteiger partial charge in [-0.15, -0.1) is 0 Å². The second-order valence-electron chi connectivity index (χ2n) is 5.61. The lowest BCUT2D eigenvalue weighted by atomic mass is 10.1. The minimum absolute atomic E-state index is 0.0203. The molecule has 1 N–H and O–H groups in total. The molecular formula is C19H17NO4. The average Bonchev–Trinajstić information content (AvgIpc) is 2.56. The smallest absolute Gasteiger partial charge is 0.343 e. The van der Waals surface area contributed by atoms with Crippen LogP contribution in [0.4, 0.5) is 0 Å². The summed E-state index contributed by atoms with van der Waals surface area (Å²) in [4.78, 5) is 27.6. The number of ether oxygens (including phenoxy) is 2. The molecule has 0 atom stereocenters. The van der Waals surface area contributed by atoms with E-state index < -0.39 is 5.97 Å². The van der Waals surface area contributed by atoms with E-state index in [0.717, 1.165) is 0 Å². The van der Waals surface area contributed by atoms with E-state index in [4.69, 9.17) is 9.47 Å². The van der Waals surface area contributed by atoms with E-state index in [1.165, 1.54) is 6.20 Å². The number of hydrogen-bond acceptors (Lipinski definition) is 4. The summed E-state index contributed by atoms with van der Waals surface area (Å²) in [5, 5.41) is 0.377. The Balaban J connectivity index is 2.00. The van der Waals surface area contributed by atoms with Gasteiger partial charge in [-0.1, -0.05) is 18.2 Å². The molecule has 0 saturated heterocycles. The van der Waals surface area contributed by atoms with Gasteiger partial charge in [0.05, 0.1) is 11.5 Å². The highest BCUT2D eigenvalue weighted by atomic mass is 16.5. The fraction of sp³-hybridized carbons (Fsp3) is 0.158. The Morgan fingerprint density at radius 3 is 2.50 bits per heavy atom. The summed E-state index contributed by atoms with van der Waals surface area (Å²) in [6, 6.07) is 14.4. The van der Waals surface area contributed by atoms with Crippen LogP contribution in [0.2, 0.25) is 0 Å². The number of H-pyrrole nitrogens is 1. The van der Waals surface area contributed by atoms with E-state index >= 15 is 0 Å². The molecule has 24 heavy (non-hydrogen) atoms. The molecule has 2 aromatic carbocycles. The Bertz CT molecular complexity index is 929. The number of nitrogens with one attached hydrogen (secondary N) is 1. The molecule has 0 fully saturated rings. The predicted molar refractivity (Wildman–Crippen MR) is 91.6 cm³/mol. The van der Waals surface area contributed by atoms with Crippen molar-refractivity contribution >= 4 is 16.9 Å². The number of para-hydroxylation sites is 1. The molecule has 3 aromatic rings. The third-order valence-corrected chi connectivity index (χ3v) is 3.39. The van der Waals surface area contributed by atoms with Gasteiger partial charge in [0.15, 0.2) is 0 Å². The topological polar surface area (TPSA) is 68.4 Å². The molecule has 122 valence electrons. The lowest BCUT2D eigenvalue weighted by molar-refractivity contribution is 0.0376. The first kappa shape index (κ1) is 15.8. The van der Waals surface area contributed by atoms with Crippen molar-refractivity contribution in [2.24, 2.45) is 0 Å². The van der Waals surface area contributed by atoms with Crippen molar-refractivity contribution in [3.63, 3.8) is 0 Å². The highest BCUT2D eigenvalue weighted by Crippen LogP contribution is 2.23. The molecule has 1 heterocycles. The number of esters is 1. The molecule has 5 heteroatoms. The van der Waals surface area contributed by atoms with Crippen molar-refractivity contribution in [2.75, 3.05) is 0 Å². The molecular weight excluding hydrogens is 306 g/mol. The van der Waals surface area contributed by atoms with Crippen LogP contribution in [0.5, 0.6) is 11.5 Å². The van der Waals surface area contributed by atoms with Crippen LogP contribution in [0.1, 0.15) is 24.2 Å². The maximum atomic E-state index is 12.6. The number of aromatic amines is 1. The second-order valence-corrected chi connectivity index (χ2v) is 5.61. The van der Waals surface area contributed by atoms with Crippen molar-refractivity contribution in [3.8, 4) is 11.5 Å². The van der Waals surface area contributed by atoms with Crippen LogP contribution < -0.4 is 10.2 Å². The molecule has 0 amide bonds. The molecule has 0 aliphatic carbocycles. The fourth-order valence-electron chi connectivity index (χ4n) is 2.31. The quantitative estimate of drug-likeness (QED) is 0.740. The van der Waals surface area contributed by atoms with Gasteiger partial charge in [-0.25, -0.2) is 4.79 Å². The Morgan fingerprint density at radius 2 is 1.79 bits per heavy atom. The monoisotopic (exact) mass is 323 g/mol. The van der Waals surface area contributed by atoms with Gasteiger partial charge in [-0.3, -0.25) is 4.79 Å². The Hall–Kier alpha value is -3.08. The van der Waals surface area contributed by atoms with Gasteiger partial charge in [-0.2, -0.15) is 0 Å². The summed E-state index contributed by atoms with van der Waals surface area (Å²) < 4.78 is 10.8. The van der Waals surface area contributed by atoms with E-state index in [0.29, 0.717) is 22.4 Å². The molecule has 0 aliphatic rings. The minimum atomic E-state index is -0.637. The van der Waals surface area contributed by atoms with Crippen LogP contribution in [-0.4, -0.2) is 17.1 Å². The highest BCUT2D eigenvalue weighted by Gasteiger charge is 2.16. The zero-order chi connectivity index (χ0) is 17.1. The van der Waals surface area contributed by atoms with Crippen LogP contribution in [0, 0.1) is 0 Å². The summed E-state index contributed by atoms with van der Waals surface area (Å²) in [6.07, 6.45) is 1.09. The van der Waals surface area contributed by atoms with Gasteiger partial charge < -0.3 is 14.5 Å². The largest absolute Gasteiger partial charge is 0.459 e. The summed E-state index contributed by atoms with van der Waals surface area (Å²) in [7, 11) is 0. The maximum Gasteiger partial charge on any atom is 0.343 e. The van der Waals surface area contributed by atoms with Gasteiger partial charge in [0.25, 0.3) is 0 Å². The summed E-state index contributed by atoms with van der Waals surface area (Å²) in [5.41, 5.74) is 0.225. The van der Waals surface area contributed by atoms with Gasteiger partial charge >= 0.3 is 5.97 Å². The van der Waals surface area contributed by atoms with Crippen molar-refractivity contribution < 1.29 is 14.3 Å². The number of fused-ring (bicyclic) bond motifs is 1. The maximum absolute atomic E-state index is 12.6. The molecule has 0 aliphatic heterocycles. The first-order chi connectivity index (χ1) is 11.5. The Morgan fingerprint density at radius 1 is 1.04 bits per heavy atom. The lowest BCUT2D eigenvalue weighted by Crippen LogP contribution is -2.20. The minimum Gasteiger partial charge on any atom is -0.459 e. The number of hydrogen-bond donors (Lipinski definition) is 1.